The molecule has 1 amide bonds. The van der Waals surface area contributed by atoms with Gasteiger partial charge in [0.25, 0.3) is 0 Å². The molecular formula is C22H30N6O. The minimum Gasteiger partial charge on any atom is -0.354 e. The first kappa shape index (κ1) is 19.8. The van der Waals surface area contributed by atoms with Gasteiger partial charge in [-0.05, 0) is 50.3 Å². The summed E-state index contributed by atoms with van der Waals surface area (Å²) in [7, 11) is 0. The van der Waals surface area contributed by atoms with E-state index in [1.807, 2.05) is 26.0 Å². The van der Waals surface area contributed by atoms with Gasteiger partial charge in [-0.25, -0.2) is 9.97 Å². The number of rotatable bonds is 2. The van der Waals surface area contributed by atoms with Crippen LogP contribution in [0.5, 0.6) is 0 Å². The Hall–Kier alpha value is -2.54. The van der Waals surface area contributed by atoms with Crippen LogP contribution in [0.3, 0.4) is 0 Å². The Morgan fingerprint density at radius 1 is 1.03 bits per heavy atom. The van der Waals surface area contributed by atoms with Crippen molar-refractivity contribution in [2.45, 2.75) is 46.1 Å². The summed E-state index contributed by atoms with van der Waals surface area (Å²) in [6, 6.07) is 6.00. The summed E-state index contributed by atoms with van der Waals surface area (Å²) < 4.78 is 0. The second-order valence-electron chi connectivity index (χ2n) is 9.10. The minimum absolute atomic E-state index is 0.0632. The van der Waals surface area contributed by atoms with Gasteiger partial charge in [-0.2, -0.15) is 0 Å². The quantitative estimate of drug-likeness (QED) is 0.813. The van der Waals surface area contributed by atoms with Crippen LogP contribution < -0.4 is 15.5 Å². The average molecular weight is 395 g/mol. The van der Waals surface area contributed by atoms with E-state index in [1.165, 1.54) is 0 Å². The Balaban J connectivity index is 1.51. The molecule has 2 fully saturated rings. The first-order chi connectivity index (χ1) is 13.8. The van der Waals surface area contributed by atoms with E-state index >= 15 is 0 Å². The van der Waals surface area contributed by atoms with Crippen molar-refractivity contribution in [2.24, 2.45) is 5.41 Å². The SMILES string of the molecule is Cc1ccc(-c2ccnc(N3CCC4(CC3)NCC(C)(C)CNC4=O)n2)c(C)n1. The third kappa shape index (κ3) is 3.96. The van der Waals surface area contributed by atoms with Crippen LogP contribution in [0.1, 0.15) is 38.1 Å². The molecule has 0 bridgehead atoms. The summed E-state index contributed by atoms with van der Waals surface area (Å²) >= 11 is 0. The molecule has 4 heterocycles. The molecule has 0 atom stereocenters. The van der Waals surface area contributed by atoms with Crippen LogP contribution in [0.25, 0.3) is 11.3 Å². The zero-order valence-electron chi connectivity index (χ0n) is 17.7. The Kier molecular flexibility index (Phi) is 5.02. The molecule has 7 nitrogen and oxygen atoms in total. The van der Waals surface area contributed by atoms with Gasteiger partial charge in [-0.1, -0.05) is 13.8 Å². The Morgan fingerprint density at radius 3 is 2.52 bits per heavy atom. The summed E-state index contributed by atoms with van der Waals surface area (Å²) in [5, 5.41) is 6.70. The van der Waals surface area contributed by atoms with Crippen molar-refractivity contribution < 1.29 is 4.79 Å². The Labute approximate surface area is 172 Å². The number of carbonyl (C=O) groups excluding carboxylic acids is 1. The monoisotopic (exact) mass is 394 g/mol. The molecule has 2 aromatic heterocycles. The van der Waals surface area contributed by atoms with Gasteiger partial charge in [-0.15, -0.1) is 0 Å². The third-order valence-corrected chi connectivity index (χ3v) is 6.11. The molecule has 7 heteroatoms. The fourth-order valence-electron chi connectivity index (χ4n) is 4.14. The van der Waals surface area contributed by atoms with E-state index in [1.54, 1.807) is 6.20 Å². The number of piperidine rings is 1. The molecule has 0 radical (unpaired) electrons. The van der Waals surface area contributed by atoms with Crippen LogP contribution in [0.4, 0.5) is 5.95 Å². The molecule has 2 aliphatic heterocycles. The maximum atomic E-state index is 12.8. The normalized spacial score (nSPS) is 21.0. The van der Waals surface area contributed by atoms with E-state index in [0.717, 1.165) is 55.1 Å². The van der Waals surface area contributed by atoms with Crippen LogP contribution in [-0.2, 0) is 4.79 Å². The molecule has 0 aliphatic carbocycles. The largest absolute Gasteiger partial charge is 0.354 e. The van der Waals surface area contributed by atoms with Crippen molar-refractivity contribution in [3.8, 4) is 11.3 Å². The summed E-state index contributed by atoms with van der Waals surface area (Å²) in [6.07, 6.45) is 3.29. The van der Waals surface area contributed by atoms with E-state index in [9.17, 15) is 4.79 Å². The highest BCUT2D eigenvalue weighted by molar-refractivity contribution is 5.87. The Morgan fingerprint density at radius 2 is 1.79 bits per heavy atom. The Bertz CT molecular complexity index is 917. The lowest BCUT2D eigenvalue weighted by molar-refractivity contribution is -0.127. The molecule has 2 aliphatic rings. The van der Waals surface area contributed by atoms with Gasteiger partial charge in [-0.3, -0.25) is 9.78 Å². The van der Waals surface area contributed by atoms with Crippen molar-refractivity contribution in [1.82, 2.24) is 25.6 Å². The first-order valence-corrected chi connectivity index (χ1v) is 10.3. The van der Waals surface area contributed by atoms with E-state index in [2.05, 4.69) is 45.4 Å². The van der Waals surface area contributed by atoms with E-state index < -0.39 is 5.54 Å². The highest BCUT2D eigenvalue weighted by Gasteiger charge is 2.44. The average Bonchev–Trinajstić information content (AvgIpc) is 2.81. The molecule has 0 aromatic carbocycles. The lowest BCUT2D eigenvalue weighted by atomic mass is 9.86. The smallest absolute Gasteiger partial charge is 0.240 e. The van der Waals surface area contributed by atoms with Crippen molar-refractivity contribution >= 4 is 11.9 Å². The molecule has 154 valence electrons. The standard InChI is InChI=1S/C22H30N6O/c1-15-5-6-17(16(2)26-15)18-7-10-23-20(27-18)28-11-8-22(9-12-28)19(29)24-13-21(3,4)14-25-22/h5-7,10,25H,8-9,11-14H2,1-4H3,(H,24,29). The van der Waals surface area contributed by atoms with Gasteiger partial charge < -0.3 is 15.5 Å². The summed E-state index contributed by atoms with van der Waals surface area (Å²) in [4.78, 5) is 28.8. The number of anilines is 1. The van der Waals surface area contributed by atoms with Crippen LogP contribution in [0, 0.1) is 19.3 Å². The lowest BCUT2D eigenvalue weighted by Gasteiger charge is -2.40. The topological polar surface area (TPSA) is 83.0 Å². The number of pyridine rings is 1. The molecule has 2 N–H and O–H groups in total. The number of aryl methyl sites for hydroxylation is 2. The van der Waals surface area contributed by atoms with Gasteiger partial charge in [0.15, 0.2) is 0 Å². The van der Waals surface area contributed by atoms with Gasteiger partial charge >= 0.3 is 0 Å². The lowest BCUT2D eigenvalue weighted by Crippen LogP contribution is -2.60. The molecule has 0 unspecified atom stereocenters. The molecule has 1 spiro atoms. The number of hydrogen-bond donors (Lipinski definition) is 2. The molecule has 4 rings (SSSR count). The number of amides is 1. The molecule has 2 aromatic rings. The third-order valence-electron chi connectivity index (χ3n) is 6.11. The molecule has 2 saturated heterocycles. The van der Waals surface area contributed by atoms with Crippen LogP contribution >= 0.6 is 0 Å². The minimum atomic E-state index is -0.487. The highest BCUT2D eigenvalue weighted by Crippen LogP contribution is 2.29. The van der Waals surface area contributed by atoms with E-state index in [4.69, 9.17) is 4.98 Å². The fraction of sp³-hybridized carbons (Fsp3) is 0.545. The second kappa shape index (κ2) is 7.37. The zero-order chi connectivity index (χ0) is 20.6. The summed E-state index contributed by atoms with van der Waals surface area (Å²) in [6.45, 7) is 11.4. The first-order valence-electron chi connectivity index (χ1n) is 10.3. The van der Waals surface area contributed by atoms with Crippen LogP contribution in [-0.4, -0.2) is 52.6 Å². The van der Waals surface area contributed by atoms with Gasteiger partial charge in [0.05, 0.1) is 5.69 Å². The molecular weight excluding hydrogens is 364 g/mol. The van der Waals surface area contributed by atoms with Crippen LogP contribution in [0.2, 0.25) is 0 Å². The zero-order valence-corrected chi connectivity index (χ0v) is 17.7. The van der Waals surface area contributed by atoms with E-state index in [-0.39, 0.29) is 11.3 Å². The summed E-state index contributed by atoms with van der Waals surface area (Å²) in [5.41, 5.74) is 3.45. The number of aromatic nitrogens is 3. The van der Waals surface area contributed by atoms with Crippen LogP contribution in [0.15, 0.2) is 24.4 Å². The predicted molar refractivity (Wildman–Crippen MR) is 114 cm³/mol. The number of hydrogen-bond acceptors (Lipinski definition) is 6. The fourth-order valence-corrected chi connectivity index (χ4v) is 4.14. The predicted octanol–water partition coefficient (Wildman–Crippen LogP) is 2.24. The van der Waals surface area contributed by atoms with E-state index in [0.29, 0.717) is 12.5 Å². The number of nitrogens with zero attached hydrogens (tertiary/aromatic N) is 4. The highest BCUT2D eigenvalue weighted by atomic mass is 16.2. The van der Waals surface area contributed by atoms with Gasteiger partial charge in [0.1, 0.15) is 5.54 Å². The number of nitrogens with one attached hydrogen (secondary N) is 2. The maximum absolute atomic E-state index is 12.8. The molecule has 0 saturated carbocycles. The van der Waals surface area contributed by atoms with Crippen molar-refractivity contribution in [1.29, 1.82) is 0 Å². The second-order valence-corrected chi connectivity index (χ2v) is 9.10. The molecule has 29 heavy (non-hydrogen) atoms. The van der Waals surface area contributed by atoms with Crippen molar-refractivity contribution in [3.63, 3.8) is 0 Å². The summed E-state index contributed by atoms with van der Waals surface area (Å²) in [5.74, 6) is 0.838. The maximum Gasteiger partial charge on any atom is 0.240 e. The van der Waals surface area contributed by atoms with Crippen molar-refractivity contribution in [2.75, 3.05) is 31.1 Å². The number of carbonyl (C=O) groups is 1. The van der Waals surface area contributed by atoms with Crippen molar-refractivity contribution in [3.05, 3.63) is 35.8 Å². The van der Waals surface area contributed by atoms with Gasteiger partial charge in [0, 0.05) is 49.3 Å². The van der Waals surface area contributed by atoms with Gasteiger partial charge in [0.2, 0.25) is 11.9 Å².